The van der Waals surface area contributed by atoms with E-state index in [1.54, 1.807) is 23.1 Å². The van der Waals surface area contributed by atoms with Gasteiger partial charge in [0.1, 0.15) is 0 Å². The molecule has 21 heavy (non-hydrogen) atoms. The fourth-order valence-corrected chi connectivity index (χ4v) is 2.38. The maximum absolute atomic E-state index is 13.3. The van der Waals surface area contributed by atoms with Crippen molar-refractivity contribution in [1.29, 1.82) is 0 Å². The van der Waals surface area contributed by atoms with E-state index >= 15 is 0 Å². The third-order valence-corrected chi connectivity index (χ3v) is 3.66. The van der Waals surface area contributed by atoms with Crippen molar-refractivity contribution < 1.29 is 13.9 Å². The lowest BCUT2D eigenvalue weighted by Gasteiger charge is -2.31. The van der Waals surface area contributed by atoms with Gasteiger partial charge in [-0.15, -0.1) is 12.4 Å². The van der Waals surface area contributed by atoms with Crippen LogP contribution in [0.1, 0.15) is 19.3 Å². The number of carbonyl (C=O) groups is 1. The van der Waals surface area contributed by atoms with Crippen LogP contribution in [0, 0.1) is 5.82 Å². The number of para-hydroxylation sites is 1. The molecule has 2 rings (SSSR count). The number of halogens is 2. The molecule has 1 aromatic rings. The topological polar surface area (TPSA) is 41.6 Å². The van der Waals surface area contributed by atoms with Crippen LogP contribution in [-0.4, -0.2) is 43.6 Å². The Hall–Kier alpha value is -1.33. The highest BCUT2D eigenvalue weighted by Gasteiger charge is 2.21. The Kier molecular flexibility index (Phi) is 7.47. The van der Waals surface area contributed by atoms with Crippen molar-refractivity contribution in [1.82, 2.24) is 10.2 Å². The van der Waals surface area contributed by atoms with E-state index < -0.39 is 5.82 Å². The number of nitrogens with one attached hydrogen (secondary N) is 1. The van der Waals surface area contributed by atoms with Crippen molar-refractivity contribution in [3.8, 4) is 5.75 Å². The summed E-state index contributed by atoms with van der Waals surface area (Å²) >= 11 is 0. The van der Waals surface area contributed by atoms with Crippen molar-refractivity contribution in [3.63, 3.8) is 0 Å². The van der Waals surface area contributed by atoms with E-state index in [9.17, 15) is 9.18 Å². The zero-order chi connectivity index (χ0) is 14.4. The predicted molar refractivity (Wildman–Crippen MR) is 82.4 cm³/mol. The molecule has 1 heterocycles. The van der Waals surface area contributed by atoms with Crippen LogP contribution in [0.4, 0.5) is 4.39 Å². The summed E-state index contributed by atoms with van der Waals surface area (Å²) in [4.78, 5) is 13.8. The second-order valence-corrected chi connectivity index (χ2v) is 5.01. The van der Waals surface area contributed by atoms with Crippen LogP contribution >= 0.6 is 12.4 Å². The van der Waals surface area contributed by atoms with Gasteiger partial charge in [0, 0.05) is 13.1 Å². The molecule has 6 heteroatoms. The van der Waals surface area contributed by atoms with Crippen LogP contribution < -0.4 is 10.1 Å². The zero-order valence-corrected chi connectivity index (χ0v) is 13.0. The highest BCUT2D eigenvalue weighted by molar-refractivity contribution is 5.85. The second-order valence-electron chi connectivity index (χ2n) is 5.01. The number of ether oxygens (including phenoxy) is 1. The third-order valence-electron chi connectivity index (χ3n) is 3.66. The van der Waals surface area contributed by atoms with E-state index in [0.29, 0.717) is 6.04 Å². The van der Waals surface area contributed by atoms with Crippen molar-refractivity contribution in [2.45, 2.75) is 25.3 Å². The lowest BCUT2D eigenvalue weighted by molar-refractivity contribution is -0.132. The molecule has 0 aliphatic carbocycles. The Bertz CT molecular complexity index is 453. The summed E-state index contributed by atoms with van der Waals surface area (Å²) in [6.45, 7) is 2.11. The van der Waals surface area contributed by atoms with Crippen LogP contribution in [0.2, 0.25) is 0 Å². The normalized spacial score (nSPS) is 15.1. The summed E-state index contributed by atoms with van der Waals surface area (Å²) in [6, 6.07) is 6.53. The number of amides is 1. The Morgan fingerprint density at radius 1 is 1.38 bits per heavy atom. The summed E-state index contributed by atoms with van der Waals surface area (Å²) in [6.07, 6.45) is 2.24. The molecule has 0 aromatic heterocycles. The fourth-order valence-electron chi connectivity index (χ4n) is 2.38. The quantitative estimate of drug-likeness (QED) is 0.905. The molecular weight excluding hydrogens is 295 g/mol. The standard InChI is InChI=1S/C15H21FN2O2.ClH/c1-18(12-6-9-17-10-7-12)15(19)8-11-20-14-5-3-2-4-13(14)16;/h2-5,12,17H,6-11H2,1H3;1H. The summed E-state index contributed by atoms with van der Waals surface area (Å²) in [5.74, 6) is -0.148. The van der Waals surface area contributed by atoms with Gasteiger partial charge in [-0.1, -0.05) is 12.1 Å². The third kappa shape index (κ3) is 5.17. The van der Waals surface area contributed by atoms with Crippen LogP contribution in [0.5, 0.6) is 5.75 Å². The largest absolute Gasteiger partial charge is 0.490 e. The molecule has 1 N–H and O–H groups in total. The van der Waals surface area contributed by atoms with Gasteiger partial charge < -0.3 is 15.0 Å². The number of carbonyl (C=O) groups excluding carboxylic acids is 1. The van der Waals surface area contributed by atoms with Gasteiger partial charge in [0.25, 0.3) is 0 Å². The minimum absolute atomic E-state index is 0. The predicted octanol–water partition coefficient (Wildman–Crippen LogP) is 2.23. The van der Waals surface area contributed by atoms with E-state index in [1.807, 2.05) is 7.05 Å². The molecule has 0 unspecified atom stereocenters. The molecule has 118 valence electrons. The first-order valence-corrected chi connectivity index (χ1v) is 7.02. The molecule has 1 aliphatic heterocycles. The minimum atomic E-state index is -0.397. The van der Waals surface area contributed by atoms with Gasteiger partial charge in [0.15, 0.2) is 11.6 Å². The van der Waals surface area contributed by atoms with E-state index in [0.717, 1.165) is 25.9 Å². The SMILES string of the molecule is CN(C(=O)CCOc1ccccc1F)C1CCNCC1.Cl. The van der Waals surface area contributed by atoms with Gasteiger partial charge in [-0.2, -0.15) is 0 Å². The Balaban J connectivity index is 0.00000220. The molecule has 0 bridgehead atoms. The van der Waals surface area contributed by atoms with Crippen molar-refractivity contribution in [2.75, 3.05) is 26.7 Å². The van der Waals surface area contributed by atoms with E-state index in [1.165, 1.54) is 6.07 Å². The molecule has 1 aliphatic rings. The molecular formula is C15H22ClFN2O2. The van der Waals surface area contributed by atoms with Gasteiger partial charge in [0.05, 0.1) is 13.0 Å². The van der Waals surface area contributed by atoms with Gasteiger partial charge in [-0.3, -0.25) is 4.79 Å². The highest BCUT2D eigenvalue weighted by atomic mass is 35.5. The lowest BCUT2D eigenvalue weighted by Crippen LogP contribution is -2.44. The van der Waals surface area contributed by atoms with Gasteiger partial charge in [0.2, 0.25) is 5.91 Å². The van der Waals surface area contributed by atoms with E-state index in [-0.39, 0.29) is 37.1 Å². The average molecular weight is 317 g/mol. The van der Waals surface area contributed by atoms with Crippen LogP contribution in [-0.2, 0) is 4.79 Å². The van der Waals surface area contributed by atoms with Gasteiger partial charge in [-0.25, -0.2) is 4.39 Å². The highest BCUT2D eigenvalue weighted by Crippen LogP contribution is 2.16. The van der Waals surface area contributed by atoms with Crippen LogP contribution in [0.3, 0.4) is 0 Å². The summed E-state index contributed by atoms with van der Waals surface area (Å²) in [5, 5.41) is 3.28. The first kappa shape index (κ1) is 17.7. The van der Waals surface area contributed by atoms with Crippen molar-refractivity contribution in [3.05, 3.63) is 30.1 Å². The number of rotatable bonds is 5. The number of piperidine rings is 1. The number of hydrogen-bond acceptors (Lipinski definition) is 3. The minimum Gasteiger partial charge on any atom is -0.490 e. The maximum atomic E-state index is 13.3. The summed E-state index contributed by atoms with van der Waals surface area (Å²) in [7, 11) is 1.83. The maximum Gasteiger partial charge on any atom is 0.225 e. The molecule has 1 fully saturated rings. The van der Waals surface area contributed by atoms with Gasteiger partial charge in [-0.05, 0) is 38.1 Å². The first-order valence-electron chi connectivity index (χ1n) is 7.02. The number of benzene rings is 1. The molecule has 0 radical (unpaired) electrons. The summed E-state index contributed by atoms with van der Waals surface area (Å²) < 4.78 is 18.6. The van der Waals surface area contributed by atoms with Crippen LogP contribution in [0.15, 0.2) is 24.3 Å². The molecule has 4 nitrogen and oxygen atoms in total. The molecule has 0 atom stereocenters. The molecule has 0 saturated carbocycles. The molecule has 1 amide bonds. The lowest BCUT2D eigenvalue weighted by atomic mass is 10.1. The molecule has 0 spiro atoms. The van der Waals surface area contributed by atoms with Gasteiger partial charge >= 0.3 is 0 Å². The molecule has 1 saturated heterocycles. The van der Waals surface area contributed by atoms with Crippen molar-refractivity contribution in [2.24, 2.45) is 0 Å². The molecule has 1 aromatic carbocycles. The Labute approximate surface area is 131 Å². The zero-order valence-electron chi connectivity index (χ0n) is 12.2. The number of hydrogen-bond donors (Lipinski definition) is 1. The Morgan fingerprint density at radius 2 is 2.05 bits per heavy atom. The van der Waals surface area contributed by atoms with E-state index in [4.69, 9.17) is 4.74 Å². The smallest absolute Gasteiger partial charge is 0.225 e. The van der Waals surface area contributed by atoms with Crippen molar-refractivity contribution >= 4 is 18.3 Å². The van der Waals surface area contributed by atoms with E-state index in [2.05, 4.69) is 5.32 Å². The summed E-state index contributed by atoms with van der Waals surface area (Å²) in [5.41, 5.74) is 0. The average Bonchev–Trinajstić information content (AvgIpc) is 2.49. The second kappa shape index (κ2) is 8.85. The fraction of sp³-hybridized carbons (Fsp3) is 0.533. The Morgan fingerprint density at radius 3 is 2.71 bits per heavy atom. The van der Waals surface area contributed by atoms with Crippen LogP contribution in [0.25, 0.3) is 0 Å². The first-order chi connectivity index (χ1) is 9.68. The monoisotopic (exact) mass is 316 g/mol. The number of nitrogens with zero attached hydrogens (tertiary/aromatic N) is 1.